The Morgan fingerprint density at radius 3 is 2.61 bits per heavy atom. The van der Waals surface area contributed by atoms with Crippen molar-refractivity contribution in [3.63, 3.8) is 0 Å². The molecule has 0 unspecified atom stereocenters. The molecule has 2 aromatic rings. The Balaban J connectivity index is 1.67. The molecule has 11 heteroatoms. The van der Waals surface area contributed by atoms with E-state index in [0.29, 0.717) is 25.6 Å². The van der Waals surface area contributed by atoms with Gasteiger partial charge in [0.2, 0.25) is 0 Å². The van der Waals surface area contributed by atoms with Crippen molar-refractivity contribution >= 4 is 34.6 Å². The quantitative estimate of drug-likeness (QED) is 0.666. The van der Waals surface area contributed by atoms with E-state index in [2.05, 4.69) is 25.5 Å². The number of alkyl halides is 3. The number of nitrogen functional groups attached to an aromatic ring is 1. The molecule has 1 aliphatic rings. The Labute approximate surface area is 165 Å². The number of hydrogen-bond donors (Lipinski definition) is 3. The van der Waals surface area contributed by atoms with Crippen molar-refractivity contribution in [1.82, 2.24) is 14.9 Å². The fourth-order valence-electron chi connectivity index (χ4n) is 2.75. The molecule has 7 nitrogen and oxygen atoms in total. The first-order valence-corrected chi connectivity index (χ1v) is 9.00. The van der Waals surface area contributed by atoms with Gasteiger partial charge >= 0.3 is 6.18 Å². The molecule has 3 rings (SSSR count). The first-order valence-electron chi connectivity index (χ1n) is 8.63. The molecule has 0 bridgehead atoms. The molecule has 28 heavy (non-hydrogen) atoms. The third kappa shape index (κ3) is 5.15. The summed E-state index contributed by atoms with van der Waals surface area (Å²) < 4.78 is 44.4. The summed E-state index contributed by atoms with van der Waals surface area (Å²) in [7, 11) is 0. The van der Waals surface area contributed by atoms with Crippen LogP contribution in [-0.2, 0) is 10.9 Å². The van der Waals surface area contributed by atoms with Crippen LogP contribution in [0.5, 0.6) is 0 Å². The Kier molecular flexibility index (Phi) is 6.42. The highest BCUT2D eigenvalue weighted by atomic mass is 35.5. The lowest BCUT2D eigenvalue weighted by Gasteiger charge is -2.26. The minimum Gasteiger partial charge on any atom is -0.393 e. The van der Waals surface area contributed by atoms with Crippen LogP contribution in [0.4, 0.5) is 36.2 Å². The average molecular weight is 417 g/mol. The van der Waals surface area contributed by atoms with Crippen LogP contribution in [0.25, 0.3) is 0 Å². The number of halogens is 4. The lowest BCUT2D eigenvalue weighted by atomic mass is 10.2. The van der Waals surface area contributed by atoms with E-state index in [4.69, 9.17) is 22.1 Å². The van der Waals surface area contributed by atoms with Crippen molar-refractivity contribution in [3.8, 4) is 0 Å². The van der Waals surface area contributed by atoms with Crippen LogP contribution in [0.3, 0.4) is 0 Å². The Hall–Kier alpha value is -2.30. The number of aromatic nitrogens is 2. The molecule has 1 fully saturated rings. The number of nitrogens with zero attached hydrogens (tertiary/aromatic N) is 3. The second-order valence-electron chi connectivity index (χ2n) is 6.18. The fourth-order valence-corrected chi connectivity index (χ4v) is 2.97. The molecule has 0 atom stereocenters. The van der Waals surface area contributed by atoms with Gasteiger partial charge in [-0.1, -0.05) is 11.6 Å². The van der Waals surface area contributed by atoms with E-state index in [1.165, 1.54) is 18.5 Å². The predicted molar refractivity (Wildman–Crippen MR) is 102 cm³/mol. The number of morpholine rings is 1. The standard InChI is InChI=1S/C17H20ClF3N6O/c18-13-2-1-11(9-12(13)17(19,20)21)26-16-14(22)15(24-10-25-16)23-3-4-27-5-7-28-8-6-27/h1-2,9-10H,3-8,22H2,(H2,23,24,25,26). The smallest absolute Gasteiger partial charge is 0.393 e. The zero-order chi connectivity index (χ0) is 20.1. The minimum atomic E-state index is -4.56. The van der Waals surface area contributed by atoms with E-state index in [-0.39, 0.29) is 22.2 Å². The second kappa shape index (κ2) is 8.80. The normalized spacial score (nSPS) is 15.4. The minimum absolute atomic E-state index is 0.168. The maximum Gasteiger partial charge on any atom is 0.417 e. The maximum atomic E-state index is 13.0. The summed E-state index contributed by atoms with van der Waals surface area (Å²) in [6.45, 7) is 4.56. The largest absolute Gasteiger partial charge is 0.417 e. The van der Waals surface area contributed by atoms with Crippen molar-refractivity contribution in [2.24, 2.45) is 0 Å². The van der Waals surface area contributed by atoms with Crippen molar-refractivity contribution in [1.29, 1.82) is 0 Å². The molecule has 152 valence electrons. The highest BCUT2D eigenvalue weighted by Gasteiger charge is 2.33. The summed E-state index contributed by atoms with van der Waals surface area (Å²) in [5.74, 6) is 0.620. The van der Waals surface area contributed by atoms with E-state index < -0.39 is 11.7 Å². The van der Waals surface area contributed by atoms with Gasteiger partial charge in [0, 0.05) is 31.9 Å². The summed E-state index contributed by atoms with van der Waals surface area (Å²) in [4.78, 5) is 10.4. The molecule has 0 spiro atoms. The lowest BCUT2D eigenvalue weighted by molar-refractivity contribution is -0.137. The molecule has 1 aliphatic heterocycles. The summed E-state index contributed by atoms with van der Waals surface area (Å²) in [6, 6.07) is 3.51. The van der Waals surface area contributed by atoms with Gasteiger partial charge in [-0.15, -0.1) is 0 Å². The van der Waals surface area contributed by atoms with Crippen LogP contribution < -0.4 is 16.4 Å². The molecule has 0 aliphatic carbocycles. The highest BCUT2D eigenvalue weighted by Crippen LogP contribution is 2.37. The van der Waals surface area contributed by atoms with Crippen LogP contribution >= 0.6 is 11.6 Å². The van der Waals surface area contributed by atoms with Crippen LogP contribution in [0.1, 0.15) is 5.56 Å². The number of rotatable bonds is 6. The number of ether oxygens (including phenoxy) is 1. The summed E-state index contributed by atoms with van der Waals surface area (Å²) in [6.07, 6.45) is -3.27. The number of nitrogens with two attached hydrogens (primary N) is 1. The Bertz CT molecular complexity index is 814. The van der Waals surface area contributed by atoms with Crippen molar-refractivity contribution < 1.29 is 17.9 Å². The molecule has 2 heterocycles. The van der Waals surface area contributed by atoms with Crippen molar-refractivity contribution in [3.05, 3.63) is 35.1 Å². The van der Waals surface area contributed by atoms with Gasteiger partial charge in [-0.05, 0) is 18.2 Å². The van der Waals surface area contributed by atoms with Gasteiger partial charge in [-0.3, -0.25) is 4.90 Å². The SMILES string of the molecule is Nc1c(NCCN2CCOCC2)ncnc1Nc1ccc(Cl)c(C(F)(F)F)c1. The van der Waals surface area contributed by atoms with Gasteiger partial charge < -0.3 is 21.1 Å². The van der Waals surface area contributed by atoms with Gasteiger partial charge in [0.15, 0.2) is 11.6 Å². The van der Waals surface area contributed by atoms with Gasteiger partial charge in [-0.25, -0.2) is 9.97 Å². The average Bonchev–Trinajstić information content (AvgIpc) is 2.66. The Morgan fingerprint density at radius 2 is 1.89 bits per heavy atom. The van der Waals surface area contributed by atoms with Crippen LogP contribution in [0.15, 0.2) is 24.5 Å². The first-order chi connectivity index (χ1) is 13.3. The molecule has 0 amide bonds. The van der Waals surface area contributed by atoms with Crippen LogP contribution in [-0.4, -0.2) is 54.3 Å². The molecule has 4 N–H and O–H groups in total. The molecular weight excluding hydrogens is 397 g/mol. The molecule has 0 saturated carbocycles. The summed E-state index contributed by atoms with van der Waals surface area (Å²) in [5.41, 5.74) is 5.52. The maximum absolute atomic E-state index is 13.0. The highest BCUT2D eigenvalue weighted by molar-refractivity contribution is 6.31. The number of nitrogens with one attached hydrogen (secondary N) is 2. The number of hydrogen-bond acceptors (Lipinski definition) is 7. The van der Waals surface area contributed by atoms with Crippen molar-refractivity contribution in [2.75, 3.05) is 55.8 Å². The zero-order valence-corrected chi connectivity index (χ0v) is 15.6. The van der Waals surface area contributed by atoms with E-state index in [1.807, 2.05) is 0 Å². The molecular formula is C17H20ClF3N6O. The van der Waals surface area contributed by atoms with Crippen LogP contribution in [0.2, 0.25) is 5.02 Å². The van der Waals surface area contributed by atoms with Gasteiger partial charge in [-0.2, -0.15) is 13.2 Å². The predicted octanol–water partition coefficient (Wildman–Crippen LogP) is 3.22. The Morgan fingerprint density at radius 1 is 1.18 bits per heavy atom. The molecule has 1 aromatic heterocycles. The molecule has 1 aromatic carbocycles. The van der Waals surface area contributed by atoms with Gasteiger partial charge in [0.05, 0.1) is 23.8 Å². The molecule has 0 radical (unpaired) electrons. The van der Waals surface area contributed by atoms with Crippen molar-refractivity contribution in [2.45, 2.75) is 6.18 Å². The van der Waals surface area contributed by atoms with Crippen LogP contribution in [0, 0.1) is 0 Å². The summed E-state index contributed by atoms with van der Waals surface area (Å²) >= 11 is 5.64. The second-order valence-corrected chi connectivity index (χ2v) is 6.59. The zero-order valence-electron chi connectivity index (χ0n) is 14.9. The number of anilines is 4. The molecule has 1 saturated heterocycles. The van der Waals surface area contributed by atoms with E-state index >= 15 is 0 Å². The summed E-state index contributed by atoms with van der Waals surface area (Å²) in [5, 5.41) is 5.55. The third-order valence-corrected chi connectivity index (χ3v) is 4.57. The monoisotopic (exact) mass is 416 g/mol. The first kappa shape index (κ1) is 20.4. The van der Waals surface area contributed by atoms with Gasteiger partial charge in [0.25, 0.3) is 0 Å². The lowest BCUT2D eigenvalue weighted by Crippen LogP contribution is -2.39. The van der Waals surface area contributed by atoms with E-state index in [9.17, 15) is 13.2 Å². The fraction of sp³-hybridized carbons (Fsp3) is 0.412. The van der Waals surface area contributed by atoms with E-state index in [0.717, 1.165) is 25.7 Å². The third-order valence-electron chi connectivity index (χ3n) is 4.24. The van der Waals surface area contributed by atoms with Gasteiger partial charge in [0.1, 0.15) is 12.0 Å². The van der Waals surface area contributed by atoms with E-state index in [1.54, 1.807) is 0 Å². The number of benzene rings is 1. The topological polar surface area (TPSA) is 88.3 Å².